The number of anilines is 1. The predicted octanol–water partition coefficient (Wildman–Crippen LogP) is 3.37. The van der Waals surface area contributed by atoms with Gasteiger partial charge in [0.25, 0.3) is 0 Å². The molecule has 1 aliphatic rings. The summed E-state index contributed by atoms with van der Waals surface area (Å²) in [6.45, 7) is 8.12. The lowest BCUT2D eigenvalue weighted by molar-refractivity contribution is 0.435. The normalized spacial score (nSPS) is 19.5. The Bertz CT molecular complexity index is 504. The largest absolute Gasteiger partial charge is 0.354 e. The molecule has 20 heavy (non-hydrogen) atoms. The molecule has 1 unspecified atom stereocenters. The van der Waals surface area contributed by atoms with Gasteiger partial charge in [-0.05, 0) is 44.6 Å². The quantitative estimate of drug-likeness (QED) is 0.846. The molecule has 0 N–H and O–H groups in total. The van der Waals surface area contributed by atoms with Crippen molar-refractivity contribution < 1.29 is 0 Å². The number of nitriles is 1. The van der Waals surface area contributed by atoms with E-state index in [1.54, 1.807) is 0 Å². The van der Waals surface area contributed by atoms with Gasteiger partial charge in [-0.25, -0.2) is 0 Å². The lowest BCUT2D eigenvalue weighted by Gasteiger charge is -2.23. The van der Waals surface area contributed by atoms with E-state index in [1.165, 1.54) is 32.1 Å². The molecule has 0 aliphatic carbocycles. The van der Waals surface area contributed by atoms with Crippen molar-refractivity contribution in [3.05, 3.63) is 16.8 Å². The summed E-state index contributed by atoms with van der Waals surface area (Å²) in [5.41, 5.74) is 2.52. The smallest absolute Gasteiger partial charge is 0.169 e. The van der Waals surface area contributed by atoms with Gasteiger partial charge in [-0.3, -0.25) is 0 Å². The zero-order chi connectivity index (χ0) is 14.5. The number of hydrogen-bond acceptors (Lipinski definition) is 4. The second-order valence-corrected chi connectivity index (χ2v) is 5.79. The highest BCUT2D eigenvalue weighted by molar-refractivity contribution is 5.57. The summed E-state index contributed by atoms with van der Waals surface area (Å²) in [5, 5.41) is 17.9. The highest BCUT2D eigenvalue weighted by Crippen LogP contribution is 2.27. The van der Waals surface area contributed by atoms with Crippen LogP contribution in [0.3, 0.4) is 0 Å². The molecule has 1 saturated heterocycles. The van der Waals surface area contributed by atoms with Crippen LogP contribution in [0.1, 0.15) is 55.8 Å². The summed E-state index contributed by atoms with van der Waals surface area (Å²) in [6, 6.07) is 2.31. The summed E-state index contributed by atoms with van der Waals surface area (Å²) < 4.78 is 0. The fourth-order valence-corrected chi connectivity index (χ4v) is 3.03. The molecule has 1 aromatic rings. The molecule has 0 aromatic carbocycles. The van der Waals surface area contributed by atoms with Gasteiger partial charge in [0, 0.05) is 13.1 Å². The van der Waals surface area contributed by atoms with Gasteiger partial charge >= 0.3 is 0 Å². The number of aromatic nitrogens is 2. The molecule has 0 amide bonds. The Hall–Kier alpha value is -1.63. The molecule has 4 heteroatoms. The van der Waals surface area contributed by atoms with Gasteiger partial charge < -0.3 is 4.90 Å². The van der Waals surface area contributed by atoms with E-state index in [-0.39, 0.29) is 0 Å². The van der Waals surface area contributed by atoms with E-state index in [0.29, 0.717) is 5.56 Å². The van der Waals surface area contributed by atoms with Gasteiger partial charge in [0.05, 0.1) is 5.69 Å². The maximum absolute atomic E-state index is 9.42. The molecule has 1 atom stereocenters. The Morgan fingerprint density at radius 1 is 1.25 bits per heavy atom. The van der Waals surface area contributed by atoms with Crippen LogP contribution in [0.5, 0.6) is 0 Å². The van der Waals surface area contributed by atoms with Crippen molar-refractivity contribution in [3.8, 4) is 6.07 Å². The van der Waals surface area contributed by atoms with Gasteiger partial charge in [0.1, 0.15) is 11.6 Å². The minimum absolute atomic E-state index is 0.700. The van der Waals surface area contributed by atoms with E-state index in [9.17, 15) is 5.26 Å². The van der Waals surface area contributed by atoms with E-state index in [0.717, 1.165) is 36.1 Å². The topological polar surface area (TPSA) is 52.8 Å². The molecule has 2 rings (SSSR count). The molecule has 1 aliphatic heterocycles. The first kappa shape index (κ1) is 14.8. The summed E-state index contributed by atoms with van der Waals surface area (Å²) in [6.07, 6.45) is 6.26. The van der Waals surface area contributed by atoms with Crippen molar-refractivity contribution in [2.24, 2.45) is 5.92 Å². The van der Waals surface area contributed by atoms with Crippen LogP contribution in [0.4, 0.5) is 5.82 Å². The van der Waals surface area contributed by atoms with Crippen LogP contribution in [-0.4, -0.2) is 23.3 Å². The van der Waals surface area contributed by atoms with E-state index in [1.807, 2.05) is 13.8 Å². The predicted molar refractivity (Wildman–Crippen MR) is 80.7 cm³/mol. The molecule has 2 heterocycles. The van der Waals surface area contributed by atoms with Crippen LogP contribution in [0, 0.1) is 31.1 Å². The Balaban J connectivity index is 2.20. The van der Waals surface area contributed by atoms with Crippen molar-refractivity contribution in [1.29, 1.82) is 5.26 Å². The Labute approximate surface area is 121 Å². The van der Waals surface area contributed by atoms with Crippen LogP contribution in [-0.2, 0) is 0 Å². The fraction of sp³-hybridized carbons (Fsp3) is 0.688. The molecule has 4 nitrogen and oxygen atoms in total. The first-order chi connectivity index (χ1) is 9.67. The first-order valence-corrected chi connectivity index (χ1v) is 7.66. The van der Waals surface area contributed by atoms with Gasteiger partial charge in [-0.15, -0.1) is 5.10 Å². The monoisotopic (exact) mass is 272 g/mol. The van der Waals surface area contributed by atoms with Crippen molar-refractivity contribution in [1.82, 2.24) is 10.2 Å². The Kier molecular flexibility index (Phi) is 4.94. The number of rotatable bonds is 3. The van der Waals surface area contributed by atoms with Crippen LogP contribution >= 0.6 is 0 Å². The summed E-state index contributed by atoms with van der Waals surface area (Å²) >= 11 is 0. The molecule has 0 radical (unpaired) electrons. The number of hydrogen-bond donors (Lipinski definition) is 0. The average molecular weight is 272 g/mol. The lowest BCUT2D eigenvalue weighted by atomic mass is 9.96. The van der Waals surface area contributed by atoms with Crippen molar-refractivity contribution >= 4 is 5.82 Å². The maximum Gasteiger partial charge on any atom is 0.169 e. The third kappa shape index (κ3) is 3.09. The third-order valence-electron chi connectivity index (χ3n) is 4.39. The van der Waals surface area contributed by atoms with Gasteiger partial charge in [-0.1, -0.05) is 19.8 Å². The van der Waals surface area contributed by atoms with Crippen LogP contribution in [0.2, 0.25) is 0 Å². The van der Waals surface area contributed by atoms with Crippen LogP contribution < -0.4 is 4.90 Å². The molecule has 1 fully saturated rings. The van der Waals surface area contributed by atoms with E-state index >= 15 is 0 Å². The fourth-order valence-electron chi connectivity index (χ4n) is 3.03. The molecule has 0 bridgehead atoms. The van der Waals surface area contributed by atoms with Crippen molar-refractivity contribution in [2.45, 2.75) is 52.9 Å². The minimum atomic E-state index is 0.700. The van der Waals surface area contributed by atoms with Crippen molar-refractivity contribution in [2.75, 3.05) is 18.0 Å². The lowest BCUT2D eigenvalue weighted by Crippen LogP contribution is -2.27. The summed E-state index contributed by atoms with van der Waals surface area (Å²) in [7, 11) is 0. The number of aryl methyl sites for hydroxylation is 1. The highest BCUT2D eigenvalue weighted by Gasteiger charge is 2.21. The molecule has 0 spiro atoms. The summed E-state index contributed by atoms with van der Waals surface area (Å²) in [4.78, 5) is 2.26. The van der Waals surface area contributed by atoms with Gasteiger partial charge in [0.15, 0.2) is 5.82 Å². The molecule has 0 saturated carbocycles. The second kappa shape index (κ2) is 6.69. The Morgan fingerprint density at radius 3 is 2.75 bits per heavy atom. The molecule has 1 aromatic heterocycles. The SMILES string of the molecule is CCCC1CCCN(c2nnc(C)c(C)c2C#N)CC1. The molecular formula is C16H24N4. The highest BCUT2D eigenvalue weighted by atomic mass is 15.3. The minimum Gasteiger partial charge on any atom is -0.354 e. The summed E-state index contributed by atoms with van der Waals surface area (Å²) in [5.74, 6) is 1.61. The first-order valence-electron chi connectivity index (χ1n) is 7.66. The van der Waals surface area contributed by atoms with E-state index in [2.05, 4.69) is 28.1 Å². The van der Waals surface area contributed by atoms with E-state index in [4.69, 9.17) is 0 Å². The van der Waals surface area contributed by atoms with E-state index < -0.39 is 0 Å². The number of nitrogens with zero attached hydrogens (tertiary/aromatic N) is 4. The van der Waals surface area contributed by atoms with Crippen molar-refractivity contribution in [3.63, 3.8) is 0 Å². The van der Waals surface area contributed by atoms with Crippen LogP contribution in [0.15, 0.2) is 0 Å². The van der Waals surface area contributed by atoms with Crippen LogP contribution in [0.25, 0.3) is 0 Å². The van der Waals surface area contributed by atoms with Gasteiger partial charge in [-0.2, -0.15) is 10.4 Å². The second-order valence-electron chi connectivity index (χ2n) is 5.79. The molecule has 108 valence electrons. The standard InChI is InChI=1S/C16H24N4/c1-4-6-14-7-5-9-20(10-8-14)16-15(11-17)12(2)13(3)18-19-16/h14H,4-10H2,1-3H3. The van der Waals surface area contributed by atoms with Gasteiger partial charge in [0.2, 0.25) is 0 Å². The third-order valence-corrected chi connectivity index (χ3v) is 4.39. The zero-order valence-electron chi connectivity index (χ0n) is 12.8. The average Bonchev–Trinajstić information content (AvgIpc) is 2.68. The Morgan fingerprint density at radius 2 is 2.05 bits per heavy atom. The maximum atomic E-state index is 9.42. The molecular weight excluding hydrogens is 248 g/mol. The zero-order valence-corrected chi connectivity index (χ0v) is 12.8.